The fraction of sp³-hybridized carbons (Fsp3) is 0.364. The Morgan fingerprint density at radius 3 is 2.94 bits per heavy atom. The first-order chi connectivity index (χ1) is 8.50. The molecule has 0 aliphatic rings. The van der Waals surface area contributed by atoms with Crippen molar-refractivity contribution in [2.75, 3.05) is 13.1 Å². The summed E-state index contributed by atoms with van der Waals surface area (Å²) in [5.74, 6) is -0.985. The van der Waals surface area contributed by atoms with E-state index >= 15 is 0 Å². The summed E-state index contributed by atoms with van der Waals surface area (Å²) in [6.45, 7) is 2.07. The molecule has 1 rings (SSSR count). The molecule has 1 aromatic carbocycles. The molecule has 2 N–H and O–H groups in total. The van der Waals surface area contributed by atoms with Crippen LogP contribution in [0.4, 0.5) is 0 Å². The molecule has 1 atom stereocenters. The van der Waals surface area contributed by atoms with Crippen LogP contribution in [0.15, 0.2) is 33.9 Å². The van der Waals surface area contributed by atoms with Crippen molar-refractivity contribution in [2.24, 2.45) is 5.11 Å². The number of carboxylic acids is 1. The lowest BCUT2D eigenvalue weighted by atomic mass is 9.92. The predicted molar refractivity (Wildman–Crippen MR) is 71.1 cm³/mol. The highest BCUT2D eigenvalue weighted by Gasteiger charge is 2.34. The predicted octanol–water partition coefficient (Wildman–Crippen LogP) is 2.65. The average Bonchev–Trinajstić information content (AvgIpc) is 2.34. The highest BCUT2D eigenvalue weighted by atomic mass is 79.9. The first-order valence-electron chi connectivity index (χ1n) is 5.26. The fourth-order valence-corrected chi connectivity index (χ4v) is 1.90. The quantitative estimate of drug-likeness (QED) is 0.365. The van der Waals surface area contributed by atoms with Crippen molar-refractivity contribution in [1.82, 2.24) is 5.32 Å². The van der Waals surface area contributed by atoms with Crippen molar-refractivity contribution in [3.8, 4) is 0 Å². The van der Waals surface area contributed by atoms with Crippen LogP contribution in [0.5, 0.6) is 0 Å². The average molecular weight is 313 g/mol. The SMILES string of the molecule is CC(NCCN=[N+]=[N-])(C(=O)O)c1cccc(Br)c1. The Morgan fingerprint density at radius 1 is 1.67 bits per heavy atom. The first kappa shape index (κ1) is 14.5. The number of aliphatic carboxylic acids is 1. The number of nitrogens with one attached hydrogen (secondary N) is 1. The molecule has 18 heavy (non-hydrogen) atoms. The Labute approximate surface area is 113 Å². The van der Waals surface area contributed by atoms with Crippen molar-refractivity contribution < 1.29 is 9.90 Å². The number of carboxylic acid groups (broad SMARTS) is 1. The van der Waals surface area contributed by atoms with Crippen LogP contribution in [-0.2, 0) is 10.3 Å². The van der Waals surface area contributed by atoms with E-state index in [0.29, 0.717) is 12.1 Å². The summed E-state index contributed by atoms with van der Waals surface area (Å²) >= 11 is 3.31. The van der Waals surface area contributed by atoms with Gasteiger partial charge in [0.2, 0.25) is 0 Å². The molecule has 1 aromatic rings. The maximum atomic E-state index is 11.4. The van der Waals surface area contributed by atoms with Gasteiger partial charge in [-0.3, -0.25) is 5.32 Å². The molecule has 0 heterocycles. The number of hydrogen-bond acceptors (Lipinski definition) is 3. The van der Waals surface area contributed by atoms with E-state index in [4.69, 9.17) is 5.53 Å². The smallest absolute Gasteiger partial charge is 0.328 e. The molecule has 0 saturated carbocycles. The van der Waals surface area contributed by atoms with E-state index in [1.165, 1.54) is 0 Å². The van der Waals surface area contributed by atoms with Gasteiger partial charge < -0.3 is 5.11 Å². The van der Waals surface area contributed by atoms with Crippen molar-refractivity contribution in [3.63, 3.8) is 0 Å². The Morgan fingerprint density at radius 2 is 2.39 bits per heavy atom. The Kier molecular flexibility index (Phi) is 5.15. The van der Waals surface area contributed by atoms with Crippen LogP contribution >= 0.6 is 15.9 Å². The number of rotatable bonds is 6. The molecule has 1 unspecified atom stereocenters. The van der Waals surface area contributed by atoms with Gasteiger partial charge in [0.05, 0.1) is 0 Å². The molecule has 0 aromatic heterocycles. The number of hydrogen-bond donors (Lipinski definition) is 2. The number of benzene rings is 1. The van der Waals surface area contributed by atoms with Crippen molar-refractivity contribution in [2.45, 2.75) is 12.5 Å². The van der Waals surface area contributed by atoms with E-state index < -0.39 is 11.5 Å². The standard InChI is InChI=1S/C11H13BrN4O2/c1-11(10(17)18,14-5-6-15-16-13)8-3-2-4-9(12)7-8/h2-4,7,14H,5-6H2,1H3,(H,17,18). The van der Waals surface area contributed by atoms with Crippen LogP contribution in [-0.4, -0.2) is 24.2 Å². The van der Waals surface area contributed by atoms with Gasteiger partial charge in [-0.25, -0.2) is 4.79 Å². The fourth-order valence-electron chi connectivity index (χ4n) is 1.50. The lowest BCUT2D eigenvalue weighted by Gasteiger charge is -2.26. The second-order valence-corrected chi connectivity index (χ2v) is 4.74. The van der Waals surface area contributed by atoms with Crippen LogP contribution < -0.4 is 5.32 Å². The molecule has 0 saturated heterocycles. The van der Waals surface area contributed by atoms with Crippen LogP contribution in [0, 0.1) is 0 Å². The van der Waals surface area contributed by atoms with Crippen LogP contribution in [0.25, 0.3) is 10.4 Å². The summed E-state index contributed by atoms with van der Waals surface area (Å²) in [5.41, 5.74) is 7.58. The molecule has 7 heteroatoms. The number of azide groups is 1. The van der Waals surface area contributed by atoms with Gasteiger partial charge in [-0.1, -0.05) is 33.2 Å². The van der Waals surface area contributed by atoms with Crippen LogP contribution in [0.2, 0.25) is 0 Å². The van der Waals surface area contributed by atoms with Crippen molar-refractivity contribution in [1.29, 1.82) is 0 Å². The molecule has 0 bridgehead atoms. The summed E-state index contributed by atoms with van der Waals surface area (Å²) in [7, 11) is 0. The molecule has 0 fully saturated rings. The van der Waals surface area contributed by atoms with Crippen molar-refractivity contribution >= 4 is 21.9 Å². The summed E-state index contributed by atoms with van der Waals surface area (Å²) in [6, 6.07) is 7.08. The molecule has 0 aliphatic heterocycles. The molecule has 6 nitrogen and oxygen atoms in total. The molecule has 0 amide bonds. The summed E-state index contributed by atoms with van der Waals surface area (Å²) in [6.07, 6.45) is 0. The van der Waals surface area contributed by atoms with Crippen LogP contribution in [0.1, 0.15) is 12.5 Å². The lowest BCUT2D eigenvalue weighted by Crippen LogP contribution is -2.47. The van der Waals surface area contributed by atoms with E-state index in [9.17, 15) is 9.90 Å². The third-order valence-electron chi connectivity index (χ3n) is 2.58. The normalized spacial score (nSPS) is 13.4. The van der Waals surface area contributed by atoms with E-state index in [2.05, 4.69) is 31.3 Å². The highest BCUT2D eigenvalue weighted by Crippen LogP contribution is 2.24. The Bertz CT molecular complexity index is 488. The zero-order chi connectivity index (χ0) is 13.6. The number of nitrogens with zero attached hydrogens (tertiary/aromatic N) is 3. The van der Waals surface area contributed by atoms with Gasteiger partial charge in [-0.15, -0.1) is 0 Å². The van der Waals surface area contributed by atoms with Gasteiger partial charge in [0.15, 0.2) is 0 Å². The molecular formula is C11H13BrN4O2. The van der Waals surface area contributed by atoms with Crippen molar-refractivity contribution in [3.05, 3.63) is 44.7 Å². The highest BCUT2D eigenvalue weighted by molar-refractivity contribution is 9.10. The first-order valence-corrected chi connectivity index (χ1v) is 6.05. The zero-order valence-corrected chi connectivity index (χ0v) is 11.4. The molecule has 0 aliphatic carbocycles. The summed E-state index contributed by atoms with van der Waals surface area (Å²) in [4.78, 5) is 14.0. The summed E-state index contributed by atoms with van der Waals surface area (Å²) in [5, 5.41) is 15.6. The Balaban J connectivity index is 2.93. The third-order valence-corrected chi connectivity index (χ3v) is 3.08. The van der Waals surface area contributed by atoms with Crippen LogP contribution in [0.3, 0.4) is 0 Å². The minimum Gasteiger partial charge on any atom is -0.480 e. The minimum atomic E-state index is -1.21. The maximum absolute atomic E-state index is 11.4. The second kappa shape index (κ2) is 6.39. The van der Waals surface area contributed by atoms with Gasteiger partial charge in [-0.05, 0) is 30.2 Å². The van der Waals surface area contributed by atoms with E-state index in [-0.39, 0.29) is 6.54 Å². The second-order valence-electron chi connectivity index (χ2n) is 3.82. The molecule has 0 radical (unpaired) electrons. The van der Waals surface area contributed by atoms with E-state index in [1.54, 1.807) is 25.1 Å². The van der Waals surface area contributed by atoms with Gasteiger partial charge in [0.1, 0.15) is 5.54 Å². The van der Waals surface area contributed by atoms with Gasteiger partial charge in [0.25, 0.3) is 0 Å². The minimum absolute atomic E-state index is 0.202. The molecular weight excluding hydrogens is 300 g/mol. The third kappa shape index (κ3) is 3.46. The van der Waals surface area contributed by atoms with Gasteiger partial charge in [-0.2, -0.15) is 0 Å². The van der Waals surface area contributed by atoms with Gasteiger partial charge >= 0.3 is 5.97 Å². The number of carbonyl (C=O) groups is 1. The topological polar surface area (TPSA) is 98.1 Å². The largest absolute Gasteiger partial charge is 0.480 e. The molecule has 96 valence electrons. The van der Waals surface area contributed by atoms with E-state index in [1.807, 2.05) is 6.07 Å². The number of halogens is 1. The zero-order valence-electron chi connectivity index (χ0n) is 9.80. The lowest BCUT2D eigenvalue weighted by molar-refractivity contribution is -0.144. The Hall–Kier alpha value is -1.56. The molecule has 0 spiro atoms. The monoisotopic (exact) mass is 312 g/mol. The van der Waals surface area contributed by atoms with E-state index in [0.717, 1.165) is 4.47 Å². The maximum Gasteiger partial charge on any atom is 0.328 e. The van der Waals surface area contributed by atoms with Gasteiger partial charge in [0, 0.05) is 22.5 Å². The summed E-state index contributed by atoms with van der Waals surface area (Å²) < 4.78 is 0.810.